The molecule has 0 amide bonds. The molecule has 0 heterocycles. The summed E-state index contributed by atoms with van der Waals surface area (Å²) in [6.07, 6.45) is 7.03. The molecule has 0 fully saturated rings. The molecule has 1 aliphatic carbocycles. The zero-order valence-corrected chi connectivity index (χ0v) is 5.06. The molecule has 0 spiro atoms. The van der Waals surface area contributed by atoms with Crippen molar-refractivity contribution in [3.05, 3.63) is 11.5 Å². The molecule has 0 saturated heterocycles. The molecule has 0 aromatic heterocycles. The van der Waals surface area contributed by atoms with Gasteiger partial charge in [0, 0.05) is 0 Å². The number of rotatable bonds is 1. The Labute approximate surface area is 50.7 Å². The standard InChI is InChI=1S/C6H11BO/c8-7-6-4-2-1-3-5-6/h4,7-8H,1-3,5H2. The average Bonchev–Trinajstić information content (AvgIpc) is 1.90. The van der Waals surface area contributed by atoms with Crippen LogP contribution in [-0.4, -0.2) is 12.5 Å². The van der Waals surface area contributed by atoms with E-state index in [1.54, 1.807) is 0 Å². The molecule has 44 valence electrons. The molecule has 0 aromatic rings. The van der Waals surface area contributed by atoms with Crippen molar-refractivity contribution in [3.8, 4) is 0 Å². The maximum atomic E-state index is 8.62. The minimum atomic E-state index is 0.278. The molecule has 0 aromatic carbocycles. The van der Waals surface area contributed by atoms with Crippen molar-refractivity contribution in [1.82, 2.24) is 0 Å². The molecular weight excluding hydrogens is 98.9 g/mol. The fraction of sp³-hybridized carbons (Fsp3) is 0.667. The topological polar surface area (TPSA) is 20.2 Å². The lowest BCUT2D eigenvalue weighted by Crippen LogP contribution is -1.98. The molecule has 0 atom stereocenters. The van der Waals surface area contributed by atoms with Gasteiger partial charge in [-0.2, -0.15) is 0 Å². The number of hydrogen-bond donors (Lipinski definition) is 1. The van der Waals surface area contributed by atoms with Crippen LogP contribution in [0.2, 0.25) is 0 Å². The van der Waals surface area contributed by atoms with Crippen LogP contribution in [0.5, 0.6) is 0 Å². The third-order valence-electron chi connectivity index (χ3n) is 1.59. The van der Waals surface area contributed by atoms with Crippen molar-refractivity contribution in [1.29, 1.82) is 0 Å². The summed E-state index contributed by atoms with van der Waals surface area (Å²) >= 11 is 0. The maximum absolute atomic E-state index is 8.62. The SMILES string of the molecule is OBC1=CCCCC1. The normalized spacial score (nSPS) is 19.9. The van der Waals surface area contributed by atoms with Gasteiger partial charge < -0.3 is 5.02 Å². The Bertz CT molecular complexity index is 98.7. The van der Waals surface area contributed by atoms with Crippen LogP contribution in [0, 0.1) is 0 Å². The molecule has 1 nitrogen and oxygen atoms in total. The molecule has 8 heavy (non-hydrogen) atoms. The predicted molar refractivity (Wildman–Crippen MR) is 35.9 cm³/mol. The first-order valence-electron chi connectivity index (χ1n) is 3.22. The molecule has 2 heteroatoms. The van der Waals surface area contributed by atoms with Crippen LogP contribution in [0.1, 0.15) is 25.7 Å². The quantitative estimate of drug-likeness (QED) is 0.494. The fourth-order valence-electron chi connectivity index (χ4n) is 1.05. The first kappa shape index (κ1) is 5.89. The Morgan fingerprint density at radius 2 is 2.38 bits per heavy atom. The molecule has 1 aliphatic rings. The van der Waals surface area contributed by atoms with Crippen LogP contribution < -0.4 is 0 Å². The monoisotopic (exact) mass is 110 g/mol. The highest BCUT2D eigenvalue weighted by Gasteiger charge is 2.01. The van der Waals surface area contributed by atoms with E-state index in [0.29, 0.717) is 0 Å². The van der Waals surface area contributed by atoms with Gasteiger partial charge in [-0.15, -0.1) is 0 Å². The van der Waals surface area contributed by atoms with E-state index in [1.165, 1.54) is 24.7 Å². The van der Waals surface area contributed by atoms with E-state index in [9.17, 15) is 0 Å². The van der Waals surface area contributed by atoms with Crippen LogP contribution in [0.25, 0.3) is 0 Å². The molecule has 1 rings (SSSR count). The van der Waals surface area contributed by atoms with Gasteiger partial charge in [0.2, 0.25) is 0 Å². The van der Waals surface area contributed by atoms with Gasteiger partial charge in [-0.05, 0) is 25.7 Å². The van der Waals surface area contributed by atoms with Gasteiger partial charge in [-0.1, -0.05) is 11.5 Å². The average molecular weight is 110 g/mol. The van der Waals surface area contributed by atoms with Gasteiger partial charge >= 0.3 is 0 Å². The van der Waals surface area contributed by atoms with Crippen LogP contribution in [0.4, 0.5) is 0 Å². The highest BCUT2D eigenvalue weighted by Crippen LogP contribution is 2.14. The summed E-state index contributed by atoms with van der Waals surface area (Å²) in [7, 11) is 0.278. The summed E-state index contributed by atoms with van der Waals surface area (Å²) in [4.78, 5) is 0. The highest BCUT2D eigenvalue weighted by molar-refractivity contribution is 6.36. The molecular formula is C6H11BO. The third kappa shape index (κ3) is 1.37. The Hall–Kier alpha value is -0.235. The largest absolute Gasteiger partial charge is 0.449 e. The van der Waals surface area contributed by atoms with Gasteiger partial charge in [0.1, 0.15) is 0 Å². The van der Waals surface area contributed by atoms with Gasteiger partial charge in [-0.3, -0.25) is 0 Å². The smallest absolute Gasteiger partial charge is 0.300 e. The lowest BCUT2D eigenvalue weighted by molar-refractivity contribution is 0.600. The lowest BCUT2D eigenvalue weighted by atomic mass is 9.80. The Kier molecular flexibility index (Phi) is 2.16. The van der Waals surface area contributed by atoms with E-state index in [1.807, 2.05) is 0 Å². The zero-order valence-electron chi connectivity index (χ0n) is 5.06. The summed E-state index contributed by atoms with van der Waals surface area (Å²) < 4.78 is 0. The van der Waals surface area contributed by atoms with Crippen molar-refractivity contribution < 1.29 is 5.02 Å². The number of hydrogen-bond acceptors (Lipinski definition) is 1. The number of allylic oxidation sites excluding steroid dienone is 2. The first-order chi connectivity index (χ1) is 3.93. The Morgan fingerprint density at radius 3 is 2.75 bits per heavy atom. The second kappa shape index (κ2) is 2.93. The van der Waals surface area contributed by atoms with Gasteiger partial charge in [0.25, 0.3) is 7.48 Å². The summed E-state index contributed by atoms with van der Waals surface area (Å²) in [6, 6.07) is 0. The molecule has 1 N–H and O–H groups in total. The van der Waals surface area contributed by atoms with E-state index >= 15 is 0 Å². The van der Waals surface area contributed by atoms with Crippen molar-refractivity contribution in [2.24, 2.45) is 0 Å². The van der Waals surface area contributed by atoms with Gasteiger partial charge in [0.15, 0.2) is 0 Å². The van der Waals surface area contributed by atoms with Gasteiger partial charge in [-0.25, -0.2) is 0 Å². The summed E-state index contributed by atoms with van der Waals surface area (Å²) in [5.41, 5.74) is 1.23. The molecule has 0 aliphatic heterocycles. The molecule has 0 bridgehead atoms. The first-order valence-corrected chi connectivity index (χ1v) is 3.22. The Balaban J connectivity index is 2.37. The molecule has 0 saturated carbocycles. The van der Waals surface area contributed by atoms with Crippen molar-refractivity contribution in [2.45, 2.75) is 25.7 Å². The van der Waals surface area contributed by atoms with E-state index in [0.717, 1.165) is 6.42 Å². The van der Waals surface area contributed by atoms with Crippen LogP contribution in [0.3, 0.4) is 0 Å². The second-order valence-electron chi connectivity index (χ2n) is 2.27. The van der Waals surface area contributed by atoms with E-state index < -0.39 is 0 Å². The zero-order chi connectivity index (χ0) is 5.82. The predicted octanol–water partition coefficient (Wildman–Crippen LogP) is 0.788. The summed E-state index contributed by atoms with van der Waals surface area (Å²) in [5, 5.41) is 8.62. The fourth-order valence-corrected chi connectivity index (χ4v) is 1.05. The van der Waals surface area contributed by atoms with E-state index in [-0.39, 0.29) is 7.48 Å². The Morgan fingerprint density at radius 1 is 1.50 bits per heavy atom. The third-order valence-corrected chi connectivity index (χ3v) is 1.59. The van der Waals surface area contributed by atoms with Gasteiger partial charge in [0.05, 0.1) is 0 Å². The lowest BCUT2D eigenvalue weighted by Gasteiger charge is -2.07. The van der Waals surface area contributed by atoms with Crippen molar-refractivity contribution >= 4 is 7.48 Å². The van der Waals surface area contributed by atoms with E-state index in [2.05, 4.69) is 6.08 Å². The maximum Gasteiger partial charge on any atom is 0.300 e. The minimum absolute atomic E-state index is 0.278. The molecule has 0 unspecified atom stereocenters. The van der Waals surface area contributed by atoms with Crippen molar-refractivity contribution in [3.63, 3.8) is 0 Å². The highest BCUT2D eigenvalue weighted by atomic mass is 16.2. The summed E-state index contributed by atoms with van der Waals surface area (Å²) in [6.45, 7) is 0. The van der Waals surface area contributed by atoms with Crippen LogP contribution in [0.15, 0.2) is 11.5 Å². The minimum Gasteiger partial charge on any atom is -0.449 e. The van der Waals surface area contributed by atoms with E-state index in [4.69, 9.17) is 5.02 Å². The molecule has 0 radical (unpaired) electrons. The van der Waals surface area contributed by atoms with Crippen LogP contribution in [-0.2, 0) is 0 Å². The van der Waals surface area contributed by atoms with Crippen molar-refractivity contribution in [2.75, 3.05) is 0 Å². The summed E-state index contributed by atoms with van der Waals surface area (Å²) in [5.74, 6) is 0. The van der Waals surface area contributed by atoms with Crippen LogP contribution >= 0.6 is 0 Å². The second-order valence-corrected chi connectivity index (χ2v) is 2.27.